The van der Waals surface area contributed by atoms with Crippen molar-refractivity contribution < 1.29 is 14.4 Å². The van der Waals surface area contributed by atoms with Gasteiger partial charge < -0.3 is 10.2 Å². The van der Waals surface area contributed by atoms with Gasteiger partial charge in [0, 0.05) is 4.47 Å². The highest BCUT2D eigenvalue weighted by atomic mass is 79.9. The lowest BCUT2D eigenvalue weighted by Crippen LogP contribution is -2.47. The minimum atomic E-state index is -1.03. The molecule has 0 radical (unpaired) electrons. The van der Waals surface area contributed by atoms with Gasteiger partial charge >= 0.3 is 6.03 Å². The second kappa shape index (κ2) is 5.24. The molecule has 0 unspecified atom stereocenters. The second-order valence-electron chi connectivity index (χ2n) is 4.93. The zero-order valence-electron chi connectivity index (χ0n) is 11.1. The maximum Gasteiger partial charge on any atom is 0.325 e. The standard InChI is InChI=1S/C13H14BrN3O3/c1-13(2)11(19)16-12(20)17(13)7-10(18)15-9-6-4-3-5-8(9)14/h3-6H,7H2,1-2H3,(H,15,18)(H,16,19,20). The maximum atomic E-state index is 12.0. The van der Waals surface area contributed by atoms with Crippen LogP contribution in [0.3, 0.4) is 0 Å². The number of carbonyl (C=O) groups is 3. The quantitative estimate of drug-likeness (QED) is 0.823. The molecule has 1 heterocycles. The summed E-state index contributed by atoms with van der Waals surface area (Å²) in [5.41, 5.74) is -0.413. The number of hydrogen-bond donors (Lipinski definition) is 2. The topological polar surface area (TPSA) is 78.5 Å². The van der Waals surface area contributed by atoms with Crippen molar-refractivity contribution in [1.29, 1.82) is 0 Å². The lowest BCUT2D eigenvalue weighted by molar-refractivity contribution is -0.126. The normalized spacial score (nSPS) is 17.1. The molecule has 1 fully saturated rings. The number of amides is 4. The van der Waals surface area contributed by atoms with Crippen molar-refractivity contribution in [3.8, 4) is 0 Å². The highest BCUT2D eigenvalue weighted by Gasteiger charge is 2.46. The van der Waals surface area contributed by atoms with E-state index < -0.39 is 17.5 Å². The molecule has 1 aromatic rings. The fourth-order valence-corrected chi connectivity index (χ4v) is 2.24. The fourth-order valence-electron chi connectivity index (χ4n) is 1.86. The van der Waals surface area contributed by atoms with Crippen molar-refractivity contribution in [2.24, 2.45) is 0 Å². The highest BCUT2D eigenvalue weighted by molar-refractivity contribution is 9.10. The van der Waals surface area contributed by atoms with Crippen LogP contribution >= 0.6 is 15.9 Å². The van der Waals surface area contributed by atoms with E-state index in [9.17, 15) is 14.4 Å². The number of benzene rings is 1. The molecule has 1 aliphatic heterocycles. The number of rotatable bonds is 3. The van der Waals surface area contributed by atoms with Crippen LogP contribution in [0.25, 0.3) is 0 Å². The predicted octanol–water partition coefficient (Wildman–Crippen LogP) is 1.72. The molecule has 1 saturated heterocycles. The summed E-state index contributed by atoms with van der Waals surface area (Å²) in [5.74, 6) is -0.772. The molecule has 4 amide bonds. The zero-order chi connectivity index (χ0) is 14.9. The smallest absolute Gasteiger partial charge is 0.324 e. The number of halogens is 1. The van der Waals surface area contributed by atoms with Crippen LogP contribution in [-0.4, -0.2) is 34.8 Å². The number of nitrogens with zero attached hydrogens (tertiary/aromatic N) is 1. The number of carbonyl (C=O) groups excluding carboxylic acids is 3. The van der Waals surface area contributed by atoms with Crippen LogP contribution < -0.4 is 10.6 Å². The molecule has 0 atom stereocenters. The summed E-state index contributed by atoms with van der Waals surface area (Å²) in [4.78, 5) is 36.5. The minimum Gasteiger partial charge on any atom is -0.324 e. The van der Waals surface area contributed by atoms with E-state index in [0.717, 1.165) is 4.47 Å². The van der Waals surface area contributed by atoms with E-state index in [4.69, 9.17) is 0 Å². The van der Waals surface area contributed by atoms with Gasteiger partial charge in [-0.05, 0) is 41.9 Å². The molecule has 1 aromatic carbocycles. The van der Waals surface area contributed by atoms with E-state index in [2.05, 4.69) is 26.6 Å². The molecular weight excluding hydrogens is 326 g/mol. The molecule has 0 spiro atoms. The van der Waals surface area contributed by atoms with Gasteiger partial charge in [0.15, 0.2) is 0 Å². The largest absolute Gasteiger partial charge is 0.325 e. The highest BCUT2D eigenvalue weighted by Crippen LogP contribution is 2.23. The molecule has 0 saturated carbocycles. The summed E-state index contributed by atoms with van der Waals surface area (Å²) < 4.78 is 0.745. The summed E-state index contributed by atoms with van der Waals surface area (Å²) in [6, 6.07) is 6.60. The van der Waals surface area contributed by atoms with Gasteiger partial charge in [0.2, 0.25) is 5.91 Å². The summed E-state index contributed by atoms with van der Waals surface area (Å²) in [5, 5.41) is 4.89. The maximum absolute atomic E-state index is 12.0. The first-order valence-electron chi connectivity index (χ1n) is 6.00. The van der Waals surface area contributed by atoms with Crippen LogP contribution in [0.2, 0.25) is 0 Å². The number of nitrogens with one attached hydrogen (secondary N) is 2. The van der Waals surface area contributed by atoms with Crippen LogP contribution in [0.1, 0.15) is 13.8 Å². The van der Waals surface area contributed by atoms with E-state index >= 15 is 0 Å². The number of imide groups is 1. The van der Waals surface area contributed by atoms with Crippen LogP contribution in [0.5, 0.6) is 0 Å². The Morgan fingerprint density at radius 3 is 2.55 bits per heavy atom. The van der Waals surface area contributed by atoms with Crippen molar-refractivity contribution in [3.63, 3.8) is 0 Å². The van der Waals surface area contributed by atoms with Gasteiger partial charge in [0.1, 0.15) is 12.1 Å². The van der Waals surface area contributed by atoms with Gasteiger partial charge in [0.05, 0.1) is 5.69 Å². The molecule has 1 aliphatic rings. The molecule has 2 N–H and O–H groups in total. The summed E-state index contributed by atoms with van der Waals surface area (Å²) >= 11 is 3.32. The molecule has 6 nitrogen and oxygen atoms in total. The predicted molar refractivity (Wildman–Crippen MR) is 77.1 cm³/mol. The summed E-state index contributed by atoms with van der Waals surface area (Å²) in [7, 11) is 0. The lowest BCUT2D eigenvalue weighted by Gasteiger charge is -2.27. The molecule has 0 bridgehead atoms. The van der Waals surface area contributed by atoms with Gasteiger partial charge in [-0.1, -0.05) is 12.1 Å². The summed E-state index contributed by atoms with van der Waals surface area (Å²) in [6.07, 6.45) is 0. The third-order valence-electron chi connectivity index (χ3n) is 3.15. The van der Waals surface area contributed by atoms with Gasteiger partial charge in [-0.15, -0.1) is 0 Å². The summed E-state index contributed by atoms with van der Waals surface area (Å²) in [6.45, 7) is 3.00. The SMILES string of the molecule is CC1(C)C(=O)NC(=O)N1CC(=O)Nc1ccccc1Br. The Balaban J connectivity index is 2.07. The average Bonchev–Trinajstić information content (AvgIpc) is 2.55. The molecule has 2 rings (SSSR count). The first kappa shape index (κ1) is 14.5. The molecule has 7 heteroatoms. The molecular formula is C13H14BrN3O3. The van der Waals surface area contributed by atoms with Crippen LogP contribution in [0.4, 0.5) is 10.5 Å². The Morgan fingerprint density at radius 1 is 1.35 bits per heavy atom. The number of urea groups is 1. The third-order valence-corrected chi connectivity index (χ3v) is 3.84. The molecule has 0 aliphatic carbocycles. The van der Waals surface area contributed by atoms with E-state index in [1.807, 2.05) is 6.07 Å². The van der Waals surface area contributed by atoms with Crippen LogP contribution in [-0.2, 0) is 9.59 Å². The van der Waals surface area contributed by atoms with Crippen molar-refractivity contribution in [3.05, 3.63) is 28.7 Å². The Hall–Kier alpha value is -1.89. The van der Waals surface area contributed by atoms with Crippen LogP contribution in [0, 0.1) is 0 Å². The van der Waals surface area contributed by atoms with E-state index in [1.165, 1.54) is 4.90 Å². The first-order valence-corrected chi connectivity index (χ1v) is 6.79. The Labute approximate surface area is 124 Å². The third kappa shape index (κ3) is 2.67. The minimum absolute atomic E-state index is 0.189. The van der Waals surface area contributed by atoms with Gasteiger partial charge in [0.25, 0.3) is 5.91 Å². The van der Waals surface area contributed by atoms with E-state index in [1.54, 1.807) is 32.0 Å². The monoisotopic (exact) mass is 339 g/mol. The number of hydrogen-bond acceptors (Lipinski definition) is 3. The Kier molecular flexibility index (Phi) is 3.80. The fraction of sp³-hybridized carbons (Fsp3) is 0.308. The van der Waals surface area contributed by atoms with Gasteiger partial charge in [-0.25, -0.2) is 4.79 Å². The van der Waals surface area contributed by atoms with Crippen molar-refractivity contribution in [2.75, 3.05) is 11.9 Å². The number of anilines is 1. The van der Waals surface area contributed by atoms with E-state index in [0.29, 0.717) is 5.69 Å². The second-order valence-corrected chi connectivity index (χ2v) is 5.79. The first-order chi connectivity index (χ1) is 9.32. The zero-order valence-corrected chi connectivity index (χ0v) is 12.7. The average molecular weight is 340 g/mol. The van der Waals surface area contributed by atoms with Crippen molar-refractivity contribution in [2.45, 2.75) is 19.4 Å². The number of para-hydroxylation sites is 1. The van der Waals surface area contributed by atoms with Crippen molar-refractivity contribution in [1.82, 2.24) is 10.2 Å². The van der Waals surface area contributed by atoms with Crippen molar-refractivity contribution >= 4 is 39.5 Å². The molecule has 0 aromatic heterocycles. The molecule has 20 heavy (non-hydrogen) atoms. The van der Waals surface area contributed by atoms with Crippen LogP contribution in [0.15, 0.2) is 28.7 Å². The van der Waals surface area contributed by atoms with E-state index in [-0.39, 0.29) is 12.5 Å². The van der Waals surface area contributed by atoms with Gasteiger partial charge in [-0.3, -0.25) is 14.9 Å². The Bertz CT molecular complexity index is 586. The molecule has 106 valence electrons. The van der Waals surface area contributed by atoms with Gasteiger partial charge in [-0.2, -0.15) is 0 Å². The Morgan fingerprint density at radius 2 is 2.00 bits per heavy atom. The lowest BCUT2D eigenvalue weighted by atomic mass is 10.0.